The van der Waals surface area contributed by atoms with Gasteiger partial charge in [0.1, 0.15) is 5.60 Å². The van der Waals surface area contributed by atoms with Gasteiger partial charge in [0.2, 0.25) is 0 Å². The number of thiophene rings is 1. The number of nitrogens with zero attached hydrogens (tertiary/aromatic N) is 3. The lowest BCUT2D eigenvalue weighted by atomic mass is 9.81. The number of likely N-dealkylation sites (N-methyl/N-ethyl adjacent to an activating group) is 1. The highest BCUT2D eigenvalue weighted by Crippen LogP contribution is 2.46. The Morgan fingerprint density at radius 2 is 1.82 bits per heavy atom. The van der Waals surface area contributed by atoms with Crippen molar-refractivity contribution in [2.75, 3.05) is 45.2 Å². The summed E-state index contributed by atoms with van der Waals surface area (Å²) in [6.07, 6.45) is 0.692. The van der Waals surface area contributed by atoms with E-state index < -0.39 is 5.60 Å². The molecule has 1 saturated heterocycles. The number of carbonyl (C=O) groups is 2. The van der Waals surface area contributed by atoms with E-state index in [0.717, 1.165) is 21.3 Å². The SMILES string of the molecule is CN(C)CCN1C(=O)OC2(CCN(C(=O)c3csc4cc(Cl)ccc34)CC2)c2cc(Cl)ccc21. The first-order valence-electron chi connectivity index (χ1n) is 11.2. The van der Waals surface area contributed by atoms with E-state index in [4.69, 9.17) is 27.9 Å². The van der Waals surface area contributed by atoms with E-state index in [2.05, 4.69) is 0 Å². The van der Waals surface area contributed by atoms with Gasteiger partial charge in [0.05, 0.1) is 11.3 Å². The monoisotopic (exact) mass is 517 g/mol. The van der Waals surface area contributed by atoms with Crippen LogP contribution in [0.1, 0.15) is 28.8 Å². The summed E-state index contributed by atoms with van der Waals surface area (Å²) >= 11 is 14.0. The van der Waals surface area contributed by atoms with Gasteiger partial charge in [-0.1, -0.05) is 29.3 Å². The quantitative estimate of drug-likeness (QED) is 0.435. The topological polar surface area (TPSA) is 53.1 Å². The molecular formula is C25H25Cl2N3O3S. The average Bonchev–Trinajstić information content (AvgIpc) is 3.22. The van der Waals surface area contributed by atoms with Crippen molar-refractivity contribution >= 4 is 62.3 Å². The van der Waals surface area contributed by atoms with Crippen molar-refractivity contribution in [3.8, 4) is 0 Å². The van der Waals surface area contributed by atoms with Crippen LogP contribution in [0.3, 0.4) is 0 Å². The summed E-state index contributed by atoms with van der Waals surface area (Å²) in [5.74, 6) is -0.00974. The van der Waals surface area contributed by atoms with Crippen LogP contribution in [0.15, 0.2) is 41.8 Å². The molecule has 0 radical (unpaired) electrons. The van der Waals surface area contributed by atoms with Crippen LogP contribution in [0, 0.1) is 0 Å². The lowest BCUT2D eigenvalue weighted by molar-refractivity contribution is -0.0374. The second kappa shape index (κ2) is 9.04. The van der Waals surface area contributed by atoms with Gasteiger partial charge in [-0.3, -0.25) is 9.69 Å². The third-order valence-electron chi connectivity index (χ3n) is 6.64. The number of hydrogen-bond acceptors (Lipinski definition) is 5. The smallest absolute Gasteiger partial charge is 0.415 e. The number of likely N-dealkylation sites (tertiary alicyclic amines) is 1. The number of fused-ring (bicyclic) bond motifs is 3. The number of hydrogen-bond donors (Lipinski definition) is 0. The summed E-state index contributed by atoms with van der Waals surface area (Å²) in [5.41, 5.74) is 1.66. The highest BCUT2D eigenvalue weighted by atomic mass is 35.5. The fourth-order valence-electron chi connectivity index (χ4n) is 4.78. The molecule has 0 N–H and O–H groups in total. The Kier molecular flexibility index (Phi) is 6.23. The standard InChI is InChI=1S/C25H25Cl2N3O3S/c1-28(2)11-12-30-21-6-4-16(26)13-20(21)25(33-24(30)32)7-9-29(10-8-25)23(31)19-15-34-22-14-17(27)3-5-18(19)22/h3-6,13-15H,7-12H2,1-2H3. The van der Waals surface area contributed by atoms with Crippen molar-refractivity contribution in [2.24, 2.45) is 0 Å². The minimum absolute atomic E-state index is 0.00974. The molecular weight excluding hydrogens is 493 g/mol. The zero-order valence-corrected chi connectivity index (χ0v) is 21.3. The number of anilines is 1. The molecule has 5 rings (SSSR count). The van der Waals surface area contributed by atoms with E-state index in [1.807, 2.05) is 65.7 Å². The van der Waals surface area contributed by atoms with E-state index in [9.17, 15) is 9.59 Å². The molecule has 2 amide bonds. The minimum Gasteiger partial charge on any atom is -0.437 e. The average molecular weight is 518 g/mol. The van der Waals surface area contributed by atoms with E-state index >= 15 is 0 Å². The molecule has 3 aromatic rings. The Morgan fingerprint density at radius 1 is 1.12 bits per heavy atom. The van der Waals surface area contributed by atoms with Crippen LogP contribution in [0.4, 0.5) is 10.5 Å². The molecule has 9 heteroatoms. The second-order valence-corrected chi connectivity index (χ2v) is 10.8. The Hall–Kier alpha value is -2.32. The van der Waals surface area contributed by atoms with Gasteiger partial charge in [-0.05, 0) is 44.4 Å². The zero-order chi connectivity index (χ0) is 24.0. The summed E-state index contributed by atoms with van der Waals surface area (Å²) < 4.78 is 7.10. The van der Waals surface area contributed by atoms with Crippen LogP contribution in [-0.2, 0) is 10.3 Å². The fourth-order valence-corrected chi connectivity index (χ4v) is 6.16. The summed E-state index contributed by atoms with van der Waals surface area (Å²) in [7, 11) is 3.94. The molecule has 0 aliphatic carbocycles. The molecule has 1 spiro atoms. The van der Waals surface area contributed by atoms with Crippen LogP contribution in [0.25, 0.3) is 10.1 Å². The summed E-state index contributed by atoms with van der Waals surface area (Å²) in [6.45, 7) is 2.21. The number of carbonyl (C=O) groups excluding carboxylic acids is 2. The van der Waals surface area contributed by atoms with E-state index in [1.54, 1.807) is 4.90 Å². The van der Waals surface area contributed by atoms with Crippen LogP contribution < -0.4 is 4.90 Å². The van der Waals surface area contributed by atoms with E-state index in [1.165, 1.54) is 11.3 Å². The fraction of sp³-hybridized carbons (Fsp3) is 0.360. The molecule has 1 fully saturated rings. The Labute approximate surface area is 212 Å². The van der Waals surface area contributed by atoms with Crippen LogP contribution in [0.2, 0.25) is 10.0 Å². The number of amides is 2. The maximum absolute atomic E-state index is 13.4. The molecule has 3 heterocycles. The first-order valence-corrected chi connectivity index (χ1v) is 12.8. The maximum Gasteiger partial charge on any atom is 0.415 e. The largest absolute Gasteiger partial charge is 0.437 e. The number of rotatable bonds is 4. The number of halogens is 2. The third kappa shape index (κ3) is 4.15. The van der Waals surface area contributed by atoms with Crippen molar-refractivity contribution < 1.29 is 14.3 Å². The molecule has 0 bridgehead atoms. The maximum atomic E-state index is 13.4. The van der Waals surface area contributed by atoms with Crippen molar-refractivity contribution in [2.45, 2.75) is 18.4 Å². The van der Waals surface area contributed by atoms with Crippen LogP contribution in [0.5, 0.6) is 0 Å². The molecule has 2 aliphatic rings. The molecule has 178 valence electrons. The normalized spacial score (nSPS) is 17.4. The van der Waals surface area contributed by atoms with Crippen LogP contribution >= 0.6 is 34.5 Å². The van der Waals surface area contributed by atoms with Gasteiger partial charge in [-0.25, -0.2) is 4.79 Å². The van der Waals surface area contributed by atoms with Crippen molar-refractivity contribution in [3.63, 3.8) is 0 Å². The third-order valence-corrected chi connectivity index (χ3v) is 8.06. The second-order valence-electron chi connectivity index (χ2n) is 9.06. The summed E-state index contributed by atoms with van der Waals surface area (Å²) in [6, 6.07) is 11.2. The first-order chi connectivity index (χ1) is 16.3. The number of piperidine rings is 1. The number of benzene rings is 2. The van der Waals surface area contributed by atoms with E-state index in [0.29, 0.717) is 54.6 Å². The molecule has 2 aromatic carbocycles. The molecule has 0 unspecified atom stereocenters. The van der Waals surface area contributed by atoms with Crippen molar-refractivity contribution in [1.82, 2.24) is 9.80 Å². The molecule has 1 aromatic heterocycles. The highest BCUT2D eigenvalue weighted by Gasteiger charge is 2.47. The molecule has 2 aliphatic heterocycles. The highest BCUT2D eigenvalue weighted by molar-refractivity contribution is 7.17. The lowest BCUT2D eigenvalue weighted by Crippen LogP contribution is -2.53. The van der Waals surface area contributed by atoms with Gasteiger partial charge < -0.3 is 14.5 Å². The van der Waals surface area contributed by atoms with Gasteiger partial charge >= 0.3 is 6.09 Å². The lowest BCUT2D eigenvalue weighted by Gasteiger charge is -2.47. The van der Waals surface area contributed by atoms with Crippen LogP contribution in [-0.4, -0.2) is 62.1 Å². The molecule has 34 heavy (non-hydrogen) atoms. The first kappa shape index (κ1) is 23.4. The molecule has 6 nitrogen and oxygen atoms in total. The van der Waals surface area contributed by atoms with Gasteiger partial charge in [0, 0.05) is 70.1 Å². The van der Waals surface area contributed by atoms with Crippen molar-refractivity contribution in [3.05, 3.63) is 63.0 Å². The van der Waals surface area contributed by atoms with Gasteiger partial charge in [0.15, 0.2) is 0 Å². The molecule has 0 saturated carbocycles. The predicted octanol–water partition coefficient (Wildman–Crippen LogP) is 5.86. The Bertz CT molecular complexity index is 1270. The summed E-state index contributed by atoms with van der Waals surface area (Å²) in [4.78, 5) is 32.0. The predicted molar refractivity (Wildman–Crippen MR) is 137 cm³/mol. The minimum atomic E-state index is -0.785. The van der Waals surface area contributed by atoms with Gasteiger partial charge in [-0.2, -0.15) is 0 Å². The summed E-state index contributed by atoms with van der Waals surface area (Å²) in [5, 5.41) is 4.07. The van der Waals surface area contributed by atoms with Gasteiger partial charge in [-0.15, -0.1) is 11.3 Å². The van der Waals surface area contributed by atoms with E-state index in [-0.39, 0.29) is 12.0 Å². The molecule has 0 atom stereocenters. The zero-order valence-electron chi connectivity index (χ0n) is 19.0. The number of ether oxygens (including phenoxy) is 1. The Morgan fingerprint density at radius 3 is 2.56 bits per heavy atom. The Balaban J connectivity index is 1.39. The van der Waals surface area contributed by atoms with Crippen molar-refractivity contribution in [1.29, 1.82) is 0 Å². The van der Waals surface area contributed by atoms with Gasteiger partial charge in [0.25, 0.3) is 5.91 Å².